The molecule has 2 rings (SSSR count). The molecule has 0 radical (unpaired) electrons. The molecule has 2 nitrogen and oxygen atoms in total. The highest BCUT2D eigenvalue weighted by Crippen LogP contribution is 2.36. The summed E-state index contributed by atoms with van der Waals surface area (Å²) in [5.41, 5.74) is -1.39. The number of thiazole rings is 1. The molecule has 0 bridgehead atoms. The van der Waals surface area contributed by atoms with Crippen LogP contribution < -0.4 is 5.32 Å². The molecular weight excluding hydrogens is 280 g/mol. The van der Waals surface area contributed by atoms with Gasteiger partial charge in [0.25, 0.3) is 0 Å². The summed E-state index contributed by atoms with van der Waals surface area (Å²) in [4.78, 5) is 4.79. The second-order valence-electron chi connectivity index (χ2n) is 3.83. The molecule has 1 aromatic heterocycles. The highest BCUT2D eigenvalue weighted by molar-refractivity contribution is 7.15. The molecule has 0 spiro atoms. The fraction of sp³-hybridized carbons (Fsp3) is 0.250. The predicted molar refractivity (Wildman–Crippen MR) is 65.3 cm³/mol. The van der Waals surface area contributed by atoms with Crippen molar-refractivity contribution in [2.75, 3.05) is 7.05 Å². The average Bonchev–Trinajstić information content (AvgIpc) is 2.76. The summed E-state index contributed by atoms with van der Waals surface area (Å²) in [7, 11) is 1.74. The van der Waals surface area contributed by atoms with Crippen molar-refractivity contribution in [3.8, 4) is 10.6 Å². The third kappa shape index (κ3) is 2.93. The van der Waals surface area contributed by atoms with Crippen LogP contribution in [0.4, 0.5) is 17.6 Å². The Labute approximate surface area is 111 Å². The summed E-state index contributed by atoms with van der Waals surface area (Å²) in [6.07, 6.45) is -3.18. The maximum atomic E-state index is 13.9. The van der Waals surface area contributed by atoms with E-state index in [4.69, 9.17) is 0 Å². The Morgan fingerprint density at radius 3 is 2.68 bits per heavy atom. The summed E-state index contributed by atoms with van der Waals surface area (Å²) in [6.45, 7) is 0.540. The zero-order valence-corrected chi connectivity index (χ0v) is 10.7. The van der Waals surface area contributed by atoms with Crippen LogP contribution >= 0.6 is 11.3 Å². The van der Waals surface area contributed by atoms with Gasteiger partial charge in [-0.05, 0) is 19.2 Å². The first kappa shape index (κ1) is 14.0. The Morgan fingerprint density at radius 1 is 1.32 bits per heavy atom. The molecule has 7 heteroatoms. The largest absolute Gasteiger partial charge is 0.419 e. The van der Waals surface area contributed by atoms with E-state index in [0.717, 1.165) is 22.3 Å². The van der Waals surface area contributed by atoms with Gasteiger partial charge in [-0.1, -0.05) is 6.07 Å². The molecule has 0 fully saturated rings. The van der Waals surface area contributed by atoms with E-state index < -0.39 is 17.6 Å². The molecule has 0 saturated carbocycles. The molecule has 0 unspecified atom stereocenters. The molecule has 0 aliphatic heterocycles. The molecule has 0 aliphatic carbocycles. The Balaban J connectivity index is 2.45. The zero-order chi connectivity index (χ0) is 14.0. The van der Waals surface area contributed by atoms with Crippen LogP contribution in [-0.4, -0.2) is 12.0 Å². The number of hydrogen-bond acceptors (Lipinski definition) is 3. The Hall–Kier alpha value is -1.47. The predicted octanol–water partition coefficient (Wildman–Crippen LogP) is 3.69. The number of nitrogens with one attached hydrogen (secondary N) is 1. The maximum absolute atomic E-state index is 13.9. The van der Waals surface area contributed by atoms with Gasteiger partial charge in [0.15, 0.2) is 0 Å². The van der Waals surface area contributed by atoms with Crippen LogP contribution in [0.1, 0.15) is 10.4 Å². The first-order valence-corrected chi connectivity index (χ1v) is 6.20. The van der Waals surface area contributed by atoms with Crippen molar-refractivity contribution in [3.63, 3.8) is 0 Å². The lowest BCUT2D eigenvalue weighted by Gasteiger charge is -2.09. The minimum Gasteiger partial charge on any atom is -0.315 e. The fourth-order valence-electron chi connectivity index (χ4n) is 1.60. The number of hydrogen-bond donors (Lipinski definition) is 1. The summed E-state index contributed by atoms with van der Waals surface area (Å²) in [6, 6.07) is 3.20. The molecule has 0 aliphatic rings. The van der Waals surface area contributed by atoms with Gasteiger partial charge in [0.05, 0.1) is 5.56 Å². The van der Waals surface area contributed by atoms with Crippen LogP contribution in [0, 0.1) is 5.82 Å². The molecule has 1 heterocycles. The van der Waals surface area contributed by atoms with Crippen molar-refractivity contribution in [2.24, 2.45) is 0 Å². The van der Waals surface area contributed by atoms with Gasteiger partial charge in [0.2, 0.25) is 0 Å². The van der Waals surface area contributed by atoms with Crippen LogP contribution in [0.25, 0.3) is 10.6 Å². The monoisotopic (exact) mass is 290 g/mol. The highest BCUT2D eigenvalue weighted by Gasteiger charge is 2.35. The molecule has 1 aromatic carbocycles. The first-order valence-electron chi connectivity index (χ1n) is 5.39. The molecule has 0 atom stereocenters. The van der Waals surface area contributed by atoms with Gasteiger partial charge in [-0.3, -0.25) is 0 Å². The van der Waals surface area contributed by atoms with Crippen LogP contribution in [0.2, 0.25) is 0 Å². The lowest BCUT2D eigenvalue weighted by molar-refractivity contribution is -0.139. The van der Waals surface area contributed by atoms with Gasteiger partial charge >= 0.3 is 6.18 Å². The van der Waals surface area contributed by atoms with Gasteiger partial charge in [-0.25, -0.2) is 9.37 Å². The lowest BCUT2D eigenvalue weighted by atomic mass is 10.1. The molecule has 102 valence electrons. The van der Waals surface area contributed by atoms with Crippen molar-refractivity contribution < 1.29 is 17.6 Å². The molecule has 1 N–H and O–H groups in total. The normalized spacial score (nSPS) is 11.8. The third-order valence-corrected chi connectivity index (χ3v) is 3.47. The number of aromatic nitrogens is 1. The van der Waals surface area contributed by atoms with Crippen molar-refractivity contribution in [3.05, 3.63) is 40.7 Å². The van der Waals surface area contributed by atoms with E-state index in [1.807, 2.05) is 0 Å². The van der Waals surface area contributed by atoms with Gasteiger partial charge in [-0.2, -0.15) is 13.2 Å². The van der Waals surface area contributed by atoms with Gasteiger partial charge in [0.1, 0.15) is 10.8 Å². The van der Waals surface area contributed by atoms with E-state index in [0.29, 0.717) is 6.54 Å². The molecule has 0 amide bonds. The standard InChI is InChI=1S/C12H10F4N2S/c1-17-5-7-6-18-11(19-7)8-3-2-4-9(10(8)13)12(14,15)16/h2-4,6,17H,5H2,1H3. The Morgan fingerprint density at radius 2 is 2.05 bits per heavy atom. The third-order valence-electron chi connectivity index (χ3n) is 2.44. The van der Waals surface area contributed by atoms with Crippen molar-refractivity contribution in [1.29, 1.82) is 0 Å². The van der Waals surface area contributed by atoms with E-state index in [2.05, 4.69) is 10.3 Å². The first-order chi connectivity index (χ1) is 8.93. The molecular formula is C12H10F4N2S. The number of alkyl halides is 3. The maximum Gasteiger partial charge on any atom is 0.419 e. The van der Waals surface area contributed by atoms with Crippen LogP contribution in [0.15, 0.2) is 24.4 Å². The topological polar surface area (TPSA) is 24.9 Å². The van der Waals surface area contributed by atoms with E-state index in [-0.39, 0.29) is 10.6 Å². The van der Waals surface area contributed by atoms with Gasteiger partial charge in [-0.15, -0.1) is 11.3 Å². The minimum atomic E-state index is -4.70. The smallest absolute Gasteiger partial charge is 0.315 e. The van der Waals surface area contributed by atoms with Crippen molar-refractivity contribution >= 4 is 11.3 Å². The summed E-state index contributed by atoms with van der Waals surface area (Å²) in [5, 5.41) is 3.14. The second-order valence-corrected chi connectivity index (χ2v) is 4.94. The van der Waals surface area contributed by atoms with E-state index in [1.165, 1.54) is 18.3 Å². The lowest BCUT2D eigenvalue weighted by Crippen LogP contribution is -2.08. The van der Waals surface area contributed by atoms with Crippen LogP contribution in [0.5, 0.6) is 0 Å². The summed E-state index contributed by atoms with van der Waals surface area (Å²) >= 11 is 1.16. The number of benzene rings is 1. The molecule has 2 aromatic rings. The molecule has 19 heavy (non-hydrogen) atoms. The van der Waals surface area contributed by atoms with Crippen LogP contribution in [-0.2, 0) is 12.7 Å². The Kier molecular flexibility index (Phi) is 3.86. The summed E-state index contributed by atoms with van der Waals surface area (Å²) < 4.78 is 51.7. The van der Waals surface area contributed by atoms with E-state index in [1.54, 1.807) is 7.05 Å². The summed E-state index contributed by atoms with van der Waals surface area (Å²) in [5.74, 6) is -1.28. The zero-order valence-electron chi connectivity index (χ0n) is 9.88. The fourth-order valence-corrected chi connectivity index (χ4v) is 2.55. The highest BCUT2D eigenvalue weighted by atomic mass is 32.1. The van der Waals surface area contributed by atoms with Crippen molar-refractivity contribution in [1.82, 2.24) is 10.3 Å². The SMILES string of the molecule is CNCc1cnc(-c2cccc(C(F)(F)F)c2F)s1. The second kappa shape index (κ2) is 5.26. The van der Waals surface area contributed by atoms with Gasteiger partial charge < -0.3 is 5.32 Å². The van der Waals surface area contributed by atoms with Gasteiger partial charge in [0, 0.05) is 23.2 Å². The minimum absolute atomic E-state index is 0.123. The number of nitrogens with zero attached hydrogens (tertiary/aromatic N) is 1. The Bertz CT molecular complexity index is 577. The van der Waals surface area contributed by atoms with E-state index in [9.17, 15) is 17.6 Å². The molecule has 0 saturated heterocycles. The average molecular weight is 290 g/mol. The number of rotatable bonds is 3. The van der Waals surface area contributed by atoms with E-state index >= 15 is 0 Å². The van der Waals surface area contributed by atoms with Crippen LogP contribution in [0.3, 0.4) is 0 Å². The van der Waals surface area contributed by atoms with Crippen molar-refractivity contribution in [2.45, 2.75) is 12.7 Å². The quantitative estimate of drug-likeness (QED) is 0.872. The number of halogens is 4.